The highest BCUT2D eigenvalue weighted by Crippen LogP contribution is 2.29. The summed E-state index contributed by atoms with van der Waals surface area (Å²) in [5.74, 6) is 1.51. The average molecular weight is 396 g/mol. The smallest absolute Gasteiger partial charge is 0.263 e. The van der Waals surface area contributed by atoms with Crippen molar-refractivity contribution in [2.24, 2.45) is 0 Å². The first-order valence-electron chi connectivity index (χ1n) is 10.1. The van der Waals surface area contributed by atoms with E-state index in [0.29, 0.717) is 23.6 Å². The monoisotopic (exact) mass is 396 g/mol. The van der Waals surface area contributed by atoms with Gasteiger partial charge in [0.25, 0.3) is 5.56 Å². The summed E-state index contributed by atoms with van der Waals surface area (Å²) < 4.78 is 7.59. The van der Waals surface area contributed by atoms with Gasteiger partial charge < -0.3 is 14.5 Å². The van der Waals surface area contributed by atoms with Crippen molar-refractivity contribution < 1.29 is 4.74 Å². The van der Waals surface area contributed by atoms with Crippen molar-refractivity contribution in [2.45, 2.75) is 33.2 Å². The highest BCUT2D eigenvalue weighted by atomic mass is 16.5. The maximum absolute atomic E-state index is 12.6. The van der Waals surface area contributed by atoms with Crippen LogP contribution in [0, 0.1) is 0 Å². The molecule has 4 rings (SSSR count). The van der Waals surface area contributed by atoms with Crippen LogP contribution in [0.15, 0.2) is 35.3 Å². The number of ether oxygens (including phenoxy) is 1. The van der Waals surface area contributed by atoms with Gasteiger partial charge in [-0.05, 0) is 39.8 Å². The predicted molar refractivity (Wildman–Crippen MR) is 115 cm³/mol. The van der Waals surface area contributed by atoms with E-state index >= 15 is 0 Å². The maximum Gasteiger partial charge on any atom is 0.263 e. The first kappa shape index (κ1) is 19.3. The minimum absolute atomic E-state index is 0.148. The zero-order valence-electron chi connectivity index (χ0n) is 17.5. The lowest BCUT2D eigenvalue weighted by atomic mass is 10.1. The van der Waals surface area contributed by atoms with Crippen molar-refractivity contribution in [1.29, 1.82) is 0 Å². The molecule has 0 spiro atoms. The van der Waals surface area contributed by atoms with Gasteiger partial charge in [-0.15, -0.1) is 0 Å². The summed E-state index contributed by atoms with van der Waals surface area (Å²) in [7, 11) is 0. The topological polar surface area (TPSA) is 79.3 Å². The second kappa shape index (κ2) is 7.42. The van der Waals surface area contributed by atoms with Crippen LogP contribution in [0.5, 0.6) is 5.75 Å². The number of nitrogens with zero attached hydrogens (tertiary/aromatic N) is 5. The van der Waals surface area contributed by atoms with Crippen molar-refractivity contribution in [1.82, 2.24) is 19.7 Å². The number of benzene rings is 1. The number of aromatic amines is 1. The van der Waals surface area contributed by atoms with Crippen molar-refractivity contribution in [3.05, 3.63) is 40.8 Å². The van der Waals surface area contributed by atoms with E-state index in [9.17, 15) is 4.79 Å². The molecule has 1 aliphatic rings. The van der Waals surface area contributed by atoms with Crippen LogP contribution in [-0.4, -0.2) is 52.5 Å². The summed E-state index contributed by atoms with van der Waals surface area (Å²) in [4.78, 5) is 24.7. The molecule has 1 fully saturated rings. The SMILES string of the molecule is CCOc1ccccc1N1CCN(c2nc3c(cnn3C(C)(C)C)c(=O)[nH]2)CC1. The van der Waals surface area contributed by atoms with E-state index in [1.54, 1.807) is 6.20 Å². The summed E-state index contributed by atoms with van der Waals surface area (Å²) in [5.41, 5.74) is 1.34. The molecule has 1 aromatic carbocycles. The number of nitrogens with one attached hydrogen (secondary N) is 1. The molecule has 1 saturated heterocycles. The molecule has 154 valence electrons. The summed E-state index contributed by atoms with van der Waals surface area (Å²) in [6.07, 6.45) is 1.60. The highest BCUT2D eigenvalue weighted by Gasteiger charge is 2.24. The number of para-hydroxylation sites is 2. The predicted octanol–water partition coefficient (Wildman–Crippen LogP) is 2.60. The molecule has 8 heteroatoms. The zero-order valence-corrected chi connectivity index (χ0v) is 17.5. The molecule has 1 N–H and O–H groups in total. The zero-order chi connectivity index (χ0) is 20.6. The molecule has 1 aliphatic heterocycles. The van der Waals surface area contributed by atoms with Crippen molar-refractivity contribution >= 4 is 22.7 Å². The summed E-state index contributed by atoms with van der Waals surface area (Å²) >= 11 is 0. The van der Waals surface area contributed by atoms with E-state index in [1.165, 1.54) is 0 Å². The van der Waals surface area contributed by atoms with Gasteiger partial charge in [-0.3, -0.25) is 9.78 Å². The number of piperazine rings is 1. The molecule has 0 aliphatic carbocycles. The third-order valence-corrected chi connectivity index (χ3v) is 5.15. The molecule has 3 heterocycles. The maximum atomic E-state index is 12.6. The van der Waals surface area contributed by atoms with Gasteiger partial charge in [0.05, 0.1) is 24.0 Å². The largest absolute Gasteiger partial charge is 0.492 e. The van der Waals surface area contributed by atoms with Gasteiger partial charge in [-0.2, -0.15) is 10.1 Å². The minimum Gasteiger partial charge on any atom is -0.492 e. The Morgan fingerprint density at radius 3 is 2.48 bits per heavy atom. The fourth-order valence-corrected chi connectivity index (χ4v) is 3.70. The van der Waals surface area contributed by atoms with Crippen molar-refractivity contribution in [2.75, 3.05) is 42.6 Å². The number of hydrogen-bond acceptors (Lipinski definition) is 6. The molecule has 0 bridgehead atoms. The number of aromatic nitrogens is 4. The normalized spacial score (nSPS) is 15.2. The first-order chi connectivity index (χ1) is 13.9. The van der Waals surface area contributed by atoms with E-state index in [0.717, 1.165) is 37.6 Å². The lowest BCUT2D eigenvalue weighted by molar-refractivity contribution is 0.340. The first-order valence-corrected chi connectivity index (χ1v) is 10.1. The van der Waals surface area contributed by atoms with Crippen LogP contribution in [0.2, 0.25) is 0 Å². The van der Waals surface area contributed by atoms with Crippen LogP contribution in [-0.2, 0) is 5.54 Å². The summed E-state index contributed by atoms with van der Waals surface area (Å²) in [5, 5.41) is 4.91. The summed E-state index contributed by atoms with van der Waals surface area (Å²) in [6.45, 7) is 12.0. The highest BCUT2D eigenvalue weighted by molar-refractivity contribution is 5.75. The quantitative estimate of drug-likeness (QED) is 0.730. The minimum atomic E-state index is -0.249. The Kier molecular flexibility index (Phi) is 4.94. The van der Waals surface area contributed by atoms with Crippen LogP contribution in [0.25, 0.3) is 11.0 Å². The molecule has 0 amide bonds. The van der Waals surface area contributed by atoms with E-state index in [2.05, 4.69) is 46.7 Å². The Hall–Kier alpha value is -3.03. The van der Waals surface area contributed by atoms with Gasteiger partial charge in [-0.1, -0.05) is 12.1 Å². The van der Waals surface area contributed by atoms with Crippen molar-refractivity contribution in [3.8, 4) is 5.75 Å². The lowest BCUT2D eigenvalue weighted by Crippen LogP contribution is -2.47. The fraction of sp³-hybridized carbons (Fsp3) is 0.476. The molecule has 0 unspecified atom stereocenters. The lowest BCUT2D eigenvalue weighted by Gasteiger charge is -2.36. The van der Waals surface area contributed by atoms with Crippen LogP contribution < -0.4 is 20.1 Å². The van der Waals surface area contributed by atoms with Crippen LogP contribution in [0.3, 0.4) is 0 Å². The molecule has 0 radical (unpaired) electrons. The number of anilines is 2. The molecule has 3 aromatic rings. The molecule has 2 aromatic heterocycles. The molecular formula is C21H28N6O2. The second-order valence-corrected chi connectivity index (χ2v) is 8.23. The second-order valence-electron chi connectivity index (χ2n) is 8.23. The Bertz CT molecular complexity index is 1060. The summed E-state index contributed by atoms with van der Waals surface area (Å²) in [6, 6.07) is 8.12. The van der Waals surface area contributed by atoms with Crippen LogP contribution in [0.4, 0.5) is 11.6 Å². The Morgan fingerprint density at radius 1 is 1.10 bits per heavy atom. The number of rotatable bonds is 4. The molecule has 29 heavy (non-hydrogen) atoms. The van der Waals surface area contributed by atoms with E-state index < -0.39 is 0 Å². The van der Waals surface area contributed by atoms with Crippen molar-refractivity contribution in [3.63, 3.8) is 0 Å². The molecular weight excluding hydrogens is 368 g/mol. The number of hydrogen-bond donors (Lipinski definition) is 1. The van der Waals surface area contributed by atoms with Gasteiger partial charge in [0.2, 0.25) is 5.95 Å². The average Bonchev–Trinajstić information content (AvgIpc) is 3.14. The molecule has 8 nitrogen and oxygen atoms in total. The van der Waals surface area contributed by atoms with Crippen LogP contribution >= 0.6 is 0 Å². The van der Waals surface area contributed by atoms with Gasteiger partial charge in [0.1, 0.15) is 11.1 Å². The van der Waals surface area contributed by atoms with E-state index in [1.807, 2.05) is 29.8 Å². The third kappa shape index (κ3) is 3.66. The van der Waals surface area contributed by atoms with Gasteiger partial charge in [0.15, 0.2) is 5.65 Å². The van der Waals surface area contributed by atoms with Crippen LogP contribution in [0.1, 0.15) is 27.7 Å². The Labute approximate surface area is 170 Å². The van der Waals surface area contributed by atoms with E-state index in [-0.39, 0.29) is 11.1 Å². The number of H-pyrrole nitrogens is 1. The van der Waals surface area contributed by atoms with Gasteiger partial charge in [0, 0.05) is 26.2 Å². The third-order valence-electron chi connectivity index (χ3n) is 5.15. The standard InChI is InChI=1S/C21H28N6O2/c1-5-29-17-9-7-6-8-16(17)25-10-12-26(13-11-25)20-23-18-15(19(28)24-20)14-22-27(18)21(2,3)4/h6-9,14H,5,10-13H2,1-4H3,(H,23,24,28). The number of fused-ring (bicyclic) bond motifs is 1. The van der Waals surface area contributed by atoms with E-state index in [4.69, 9.17) is 9.72 Å². The Balaban J connectivity index is 1.58. The fourth-order valence-electron chi connectivity index (χ4n) is 3.70. The van der Waals surface area contributed by atoms with Gasteiger partial charge >= 0.3 is 0 Å². The molecule has 0 atom stereocenters. The molecule has 0 saturated carbocycles. The van der Waals surface area contributed by atoms with Gasteiger partial charge in [-0.25, -0.2) is 4.68 Å². The Morgan fingerprint density at radius 2 is 1.79 bits per heavy atom.